The fourth-order valence-electron chi connectivity index (χ4n) is 1.65. The van der Waals surface area contributed by atoms with E-state index in [1.54, 1.807) is 12.2 Å². The van der Waals surface area contributed by atoms with E-state index in [9.17, 15) is 18.0 Å². The molecule has 0 bridgehead atoms. The summed E-state index contributed by atoms with van der Waals surface area (Å²) in [5, 5.41) is 4.11. The predicted molar refractivity (Wildman–Crippen MR) is 68.3 cm³/mol. The van der Waals surface area contributed by atoms with Crippen LogP contribution in [0.5, 0.6) is 11.5 Å². The number of nitrogens with one attached hydrogen (secondary N) is 2. The van der Waals surface area contributed by atoms with E-state index in [2.05, 4.69) is 5.32 Å². The van der Waals surface area contributed by atoms with E-state index in [0.29, 0.717) is 6.42 Å². The molecule has 1 aromatic rings. The number of carbonyl (C=O) groups excluding carboxylic acids is 1. The maximum Gasteiger partial charge on any atom is 0.492 e. The quantitative estimate of drug-likeness (QED) is 0.898. The number of alkyl halides is 3. The number of fused-ring (bicyclic) bond motifs is 1. The van der Waals surface area contributed by atoms with Crippen LogP contribution >= 0.6 is 11.6 Å². The summed E-state index contributed by atoms with van der Waals surface area (Å²) in [6.07, 6.45) is -4.41. The van der Waals surface area contributed by atoms with E-state index < -0.39 is 18.1 Å². The van der Waals surface area contributed by atoms with Crippen LogP contribution < -0.4 is 20.1 Å². The summed E-state index contributed by atoms with van der Waals surface area (Å²) in [5.74, 6) is -3.62. The molecule has 21 heavy (non-hydrogen) atoms. The predicted octanol–water partition coefficient (Wildman–Crippen LogP) is 3.04. The molecule has 116 valence electrons. The van der Waals surface area contributed by atoms with Gasteiger partial charge in [0.2, 0.25) is 0 Å². The van der Waals surface area contributed by atoms with Crippen LogP contribution in [0.15, 0.2) is 18.2 Å². The molecule has 2 amide bonds. The van der Waals surface area contributed by atoms with Gasteiger partial charge in [-0.15, -0.1) is 0 Å². The summed E-state index contributed by atoms with van der Waals surface area (Å²) in [6, 6.07) is 2.72. The maximum atomic E-state index is 13.2. The molecule has 0 aliphatic carbocycles. The standard InChI is InChI=1S/C12H12ClF3N2O3/c1-2-5-17-10(19)18-12(11(14,15)16)20-8-4-3-7(13)6-9(8)21-12/h3-4,6H,2,5H2,1H3,(H2,17,18,19)/t12-/m1/s1. The monoisotopic (exact) mass is 324 g/mol. The molecular formula is C12H12ClF3N2O3. The van der Waals surface area contributed by atoms with Crippen LogP contribution in [0.4, 0.5) is 18.0 Å². The molecule has 0 aromatic heterocycles. The first kappa shape index (κ1) is 15.6. The number of benzene rings is 1. The van der Waals surface area contributed by atoms with Crippen molar-refractivity contribution < 1.29 is 27.4 Å². The Balaban J connectivity index is 2.24. The zero-order valence-electron chi connectivity index (χ0n) is 10.9. The lowest BCUT2D eigenvalue weighted by Crippen LogP contribution is -2.66. The number of halogens is 4. The largest absolute Gasteiger partial charge is 0.492 e. The van der Waals surface area contributed by atoms with Crippen LogP contribution in [-0.2, 0) is 0 Å². The molecule has 1 aromatic carbocycles. The third-order valence-electron chi connectivity index (χ3n) is 2.60. The third kappa shape index (κ3) is 3.10. The van der Waals surface area contributed by atoms with Crippen molar-refractivity contribution in [3.63, 3.8) is 0 Å². The molecule has 1 aliphatic heterocycles. The molecule has 0 saturated carbocycles. The average molecular weight is 325 g/mol. The van der Waals surface area contributed by atoms with Gasteiger partial charge in [0, 0.05) is 17.6 Å². The Morgan fingerprint density at radius 1 is 1.33 bits per heavy atom. The molecule has 1 aliphatic rings. The van der Waals surface area contributed by atoms with E-state index in [0.717, 1.165) is 0 Å². The van der Waals surface area contributed by atoms with Gasteiger partial charge >= 0.3 is 18.1 Å². The number of ether oxygens (including phenoxy) is 2. The molecule has 1 heterocycles. The third-order valence-corrected chi connectivity index (χ3v) is 2.84. The van der Waals surface area contributed by atoms with E-state index in [-0.39, 0.29) is 23.1 Å². The summed E-state index contributed by atoms with van der Waals surface area (Å²) in [4.78, 5) is 11.5. The van der Waals surface area contributed by atoms with Crippen molar-refractivity contribution in [3.05, 3.63) is 23.2 Å². The number of hydrogen-bond donors (Lipinski definition) is 2. The van der Waals surface area contributed by atoms with Crippen molar-refractivity contribution in [2.75, 3.05) is 6.54 Å². The number of rotatable bonds is 3. The van der Waals surface area contributed by atoms with Gasteiger partial charge in [0.05, 0.1) is 0 Å². The lowest BCUT2D eigenvalue weighted by atomic mass is 10.3. The first-order valence-electron chi connectivity index (χ1n) is 6.08. The van der Waals surface area contributed by atoms with E-state index in [4.69, 9.17) is 21.1 Å². The number of carbonyl (C=O) groups is 1. The van der Waals surface area contributed by atoms with Gasteiger partial charge in [-0.1, -0.05) is 18.5 Å². The van der Waals surface area contributed by atoms with Gasteiger partial charge in [-0.25, -0.2) is 4.79 Å². The minimum atomic E-state index is -4.98. The minimum Gasteiger partial charge on any atom is -0.424 e. The highest BCUT2D eigenvalue weighted by molar-refractivity contribution is 6.30. The molecule has 0 fully saturated rings. The highest BCUT2D eigenvalue weighted by Crippen LogP contribution is 2.45. The summed E-state index contributed by atoms with van der Waals surface area (Å²) in [7, 11) is 0. The second kappa shape index (κ2) is 5.51. The number of hydrogen-bond acceptors (Lipinski definition) is 3. The Morgan fingerprint density at radius 3 is 2.62 bits per heavy atom. The summed E-state index contributed by atoms with van der Waals surface area (Å²) >= 11 is 5.69. The molecule has 0 radical (unpaired) electrons. The number of amides is 2. The van der Waals surface area contributed by atoms with Crippen molar-refractivity contribution in [2.24, 2.45) is 0 Å². The summed E-state index contributed by atoms with van der Waals surface area (Å²) in [5.41, 5.74) is 0. The zero-order valence-corrected chi connectivity index (χ0v) is 11.6. The molecule has 2 N–H and O–H groups in total. The van der Waals surface area contributed by atoms with Crippen molar-refractivity contribution in [1.29, 1.82) is 0 Å². The Labute approximate surface area is 123 Å². The second-order valence-electron chi connectivity index (χ2n) is 4.29. The Bertz CT molecular complexity index is 553. The zero-order chi connectivity index (χ0) is 15.7. The van der Waals surface area contributed by atoms with E-state index >= 15 is 0 Å². The molecule has 0 spiro atoms. The molecule has 0 unspecified atom stereocenters. The Morgan fingerprint density at radius 2 is 2.00 bits per heavy atom. The van der Waals surface area contributed by atoms with Gasteiger partial charge in [0.1, 0.15) is 0 Å². The van der Waals surface area contributed by atoms with Crippen LogP contribution in [0.2, 0.25) is 5.02 Å². The van der Waals surface area contributed by atoms with Gasteiger partial charge in [-0.05, 0) is 18.6 Å². The second-order valence-corrected chi connectivity index (χ2v) is 4.73. The summed E-state index contributed by atoms with van der Waals surface area (Å²) < 4.78 is 49.3. The van der Waals surface area contributed by atoms with Gasteiger partial charge in [-0.2, -0.15) is 13.2 Å². The van der Waals surface area contributed by atoms with Crippen molar-refractivity contribution >= 4 is 17.6 Å². The van der Waals surface area contributed by atoms with Gasteiger partial charge in [0.25, 0.3) is 0 Å². The van der Waals surface area contributed by atoms with Crippen LogP contribution in [0.3, 0.4) is 0 Å². The lowest BCUT2D eigenvalue weighted by Gasteiger charge is -2.29. The first-order valence-corrected chi connectivity index (χ1v) is 6.45. The Hall–Kier alpha value is -1.83. The molecule has 9 heteroatoms. The minimum absolute atomic E-state index is 0.160. The summed E-state index contributed by atoms with van der Waals surface area (Å²) in [6.45, 7) is 1.98. The molecule has 1 atom stereocenters. The molecule has 5 nitrogen and oxygen atoms in total. The molecule has 2 rings (SSSR count). The Kier molecular flexibility index (Phi) is 4.08. The molecular weight excluding hydrogens is 313 g/mol. The van der Waals surface area contributed by atoms with Gasteiger partial charge in [-0.3, -0.25) is 5.32 Å². The van der Waals surface area contributed by atoms with Crippen molar-refractivity contribution in [2.45, 2.75) is 25.4 Å². The van der Waals surface area contributed by atoms with E-state index in [1.165, 1.54) is 18.2 Å². The van der Waals surface area contributed by atoms with Crippen LogP contribution in [-0.4, -0.2) is 24.7 Å². The fourth-order valence-corrected chi connectivity index (χ4v) is 1.81. The van der Waals surface area contributed by atoms with Crippen LogP contribution in [0.25, 0.3) is 0 Å². The van der Waals surface area contributed by atoms with Gasteiger partial charge < -0.3 is 14.8 Å². The van der Waals surface area contributed by atoms with Crippen LogP contribution in [0, 0.1) is 0 Å². The maximum absolute atomic E-state index is 13.2. The average Bonchev–Trinajstić information content (AvgIpc) is 2.74. The van der Waals surface area contributed by atoms with Crippen molar-refractivity contribution in [1.82, 2.24) is 10.6 Å². The normalized spacial score (nSPS) is 20.2. The lowest BCUT2D eigenvalue weighted by molar-refractivity contribution is -0.317. The number of urea groups is 1. The highest BCUT2D eigenvalue weighted by Gasteiger charge is 2.65. The topological polar surface area (TPSA) is 59.6 Å². The van der Waals surface area contributed by atoms with E-state index in [1.807, 2.05) is 0 Å². The van der Waals surface area contributed by atoms with Crippen molar-refractivity contribution in [3.8, 4) is 11.5 Å². The fraction of sp³-hybridized carbons (Fsp3) is 0.417. The SMILES string of the molecule is CCCNC(=O)N[C@]1(C(F)(F)F)Oc2ccc(Cl)cc2O1. The van der Waals surface area contributed by atoms with Crippen LogP contribution in [0.1, 0.15) is 13.3 Å². The smallest absolute Gasteiger partial charge is 0.424 e. The molecule has 0 saturated heterocycles. The first-order chi connectivity index (χ1) is 9.77. The van der Waals surface area contributed by atoms with Gasteiger partial charge in [0.15, 0.2) is 11.5 Å². The highest BCUT2D eigenvalue weighted by atomic mass is 35.5.